The molecule has 0 bridgehead atoms. The molecule has 1 atom stereocenters. The van der Waals surface area contributed by atoms with Crippen LogP contribution in [0.4, 0.5) is 8.78 Å². The van der Waals surface area contributed by atoms with Crippen molar-refractivity contribution < 1.29 is 13.6 Å². The van der Waals surface area contributed by atoms with Gasteiger partial charge in [-0.3, -0.25) is 9.48 Å². The fourth-order valence-electron chi connectivity index (χ4n) is 3.04. The van der Waals surface area contributed by atoms with Crippen LogP contribution in [0.3, 0.4) is 0 Å². The lowest BCUT2D eigenvalue weighted by atomic mass is 10.1. The van der Waals surface area contributed by atoms with Gasteiger partial charge in [0, 0.05) is 18.7 Å². The van der Waals surface area contributed by atoms with Gasteiger partial charge in [-0.2, -0.15) is 5.10 Å². The van der Waals surface area contributed by atoms with Crippen LogP contribution in [-0.4, -0.2) is 15.7 Å². The van der Waals surface area contributed by atoms with Crippen LogP contribution in [-0.2, 0) is 17.8 Å². The molecule has 2 rings (SSSR count). The zero-order chi connectivity index (χ0) is 19.4. The Morgan fingerprint density at radius 3 is 2.50 bits per heavy atom. The number of carbonyl (C=O) groups excluding carboxylic acids is 1. The number of hydrogen-bond donors (Lipinski definition) is 1. The molecule has 0 radical (unpaired) electrons. The molecule has 0 aliphatic heterocycles. The number of aryl methyl sites for hydroxylation is 1. The van der Waals surface area contributed by atoms with Crippen molar-refractivity contribution in [2.45, 2.75) is 60.0 Å². The van der Waals surface area contributed by atoms with E-state index in [1.54, 1.807) is 6.92 Å². The minimum Gasteiger partial charge on any atom is -0.350 e. The van der Waals surface area contributed by atoms with Gasteiger partial charge >= 0.3 is 0 Å². The highest BCUT2D eigenvalue weighted by Crippen LogP contribution is 2.18. The summed E-state index contributed by atoms with van der Waals surface area (Å²) >= 11 is 0. The predicted molar refractivity (Wildman–Crippen MR) is 97.8 cm³/mol. The summed E-state index contributed by atoms with van der Waals surface area (Å²) in [5.41, 5.74) is 3.68. The summed E-state index contributed by atoms with van der Waals surface area (Å²) in [7, 11) is 0. The van der Waals surface area contributed by atoms with E-state index in [4.69, 9.17) is 0 Å². The Labute approximate surface area is 153 Å². The first-order valence-electron chi connectivity index (χ1n) is 8.96. The average Bonchev–Trinajstić information content (AvgIpc) is 2.81. The molecule has 0 aliphatic carbocycles. The highest BCUT2D eigenvalue weighted by atomic mass is 19.2. The zero-order valence-electron chi connectivity index (χ0n) is 16.1. The van der Waals surface area contributed by atoms with E-state index in [1.807, 2.05) is 18.5 Å². The molecule has 4 nitrogen and oxygen atoms in total. The van der Waals surface area contributed by atoms with Gasteiger partial charge in [-0.15, -0.1) is 0 Å². The van der Waals surface area contributed by atoms with Gasteiger partial charge in [-0.05, 0) is 56.4 Å². The first kappa shape index (κ1) is 20.1. The number of benzene rings is 1. The number of amides is 1. The molecule has 1 amide bonds. The van der Waals surface area contributed by atoms with Gasteiger partial charge in [0.1, 0.15) is 0 Å². The van der Waals surface area contributed by atoms with E-state index in [0.29, 0.717) is 24.3 Å². The molecule has 0 saturated heterocycles. The van der Waals surface area contributed by atoms with E-state index in [9.17, 15) is 13.6 Å². The second-order valence-corrected chi connectivity index (χ2v) is 7.19. The van der Waals surface area contributed by atoms with Crippen LogP contribution in [0, 0.1) is 31.4 Å². The molecule has 6 heteroatoms. The molecule has 142 valence electrons. The van der Waals surface area contributed by atoms with E-state index in [2.05, 4.69) is 24.3 Å². The monoisotopic (exact) mass is 363 g/mol. The molecule has 0 aliphatic rings. The summed E-state index contributed by atoms with van der Waals surface area (Å²) in [6, 6.07) is 3.28. The van der Waals surface area contributed by atoms with Crippen LogP contribution in [0.5, 0.6) is 0 Å². The molecule has 1 heterocycles. The highest BCUT2D eigenvalue weighted by Gasteiger charge is 2.16. The van der Waals surface area contributed by atoms with Gasteiger partial charge in [0.25, 0.3) is 0 Å². The predicted octanol–water partition coefficient (Wildman–Crippen LogP) is 4.24. The second-order valence-electron chi connectivity index (χ2n) is 7.19. The summed E-state index contributed by atoms with van der Waals surface area (Å²) in [5.74, 6) is -1.43. The van der Waals surface area contributed by atoms with E-state index >= 15 is 0 Å². The van der Waals surface area contributed by atoms with Gasteiger partial charge in [-0.1, -0.05) is 19.9 Å². The topological polar surface area (TPSA) is 46.9 Å². The van der Waals surface area contributed by atoms with Crippen molar-refractivity contribution in [1.82, 2.24) is 15.1 Å². The van der Waals surface area contributed by atoms with Crippen LogP contribution >= 0.6 is 0 Å². The van der Waals surface area contributed by atoms with Crippen molar-refractivity contribution in [3.8, 4) is 0 Å². The SMILES string of the molecule is Cc1nn(CC(C)C)c(C)c1CCC(=O)NC(C)c1ccc(F)c(F)c1. The lowest BCUT2D eigenvalue weighted by Crippen LogP contribution is -2.27. The minimum atomic E-state index is -0.910. The van der Waals surface area contributed by atoms with Gasteiger partial charge in [0.15, 0.2) is 11.6 Å². The van der Waals surface area contributed by atoms with Gasteiger partial charge in [0.2, 0.25) is 5.91 Å². The van der Waals surface area contributed by atoms with Crippen LogP contribution in [0.2, 0.25) is 0 Å². The molecule has 0 fully saturated rings. The maximum Gasteiger partial charge on any atom is 0.220 e. The summed E-state index contributed by atoms with van der Waals surface area (Å²) in [6.45, 7) is 10.9. The zero-order valence-corrected chi connectivity index (χ0v) is 16.1. The number of rotatable bonds is 7. The third-order valence-corrected chi connectivity index (χ3v) is 4.49. The molecule has 1 unspecified atom stereocenters. The van der Waals surface area contributed by atoms with E-state index in [1.165, 1.54) is 6.07 Å². The summed E-state index contributed by atoms with van der Waals surface area (Å²) in [5, 5.41) is 7.40. The van der Waals surface area contributed by atoms with E-state index in [0.717, 1.165) is 35.6 Å². The number of aromatic nitrogens is 2. The van der Waals surface area contributed by atoms with Crippen LogP contribution in [0.25, 0.3) is 0 Å². The fourth-order valence-corrected chi connectivity index (χ4v) is 3.04. The molecule has 1 N–H and O–H groups in total. The highest BCUT2D eigenvalue weighted by molar-refractivity contribution is 5.76. The Kier molecular flexibility index (Phi) is 6.51. The van der Waals surface area contributed by atoms with Gasteiger partial charge < -0.3 is 5.32 Å². The summed E-state index contributed by atoms with van der Waals surface area (Å²) in [6.07, 6.45) is 0.926. The van der Waals surface area contributed by atoms with Crippen molar-refractivity contribution >= 4 is 5.91 Å². The van der Waals surface area contributed by atoms with Crippen molar-refractivity contribution in [2.24, 2.45) is 5.92 Å². The third kappa shape index (κ3) is 4.90. The lowest BCUT2D eigenvalue weighted by molar-refractivity contribution is -0.121. The molecule has 0 saturated carbocycles. The van der Waals surface area contributed by atoms with Crippen LogP contribution < -0.4 is 5.32 Å². The molecule has 26 heavy (non-hydrogen) atoms. The number of carbonyl (C=O) groups is 1. The quantitative estimate of drug-likeness (QED) is 0.800. The summed E-state index contributed by atoms with van der Waals surface area (Å²) < 4.78 is 28.3. The Bertz CT molecular complexity index is 784. The van der Waals surface area contributed by atoms with Gasteiger partial charge in [0.05, 0.1) is 11.7 Å². The maximum absolute atomic E-state index is 13.3. The smallest absolute Gasteiger partial charge is 0.220 e. The first-order chi connectivity index (χ1) is 12.2. The van der Waals surface area contributed by atoms with Crippen LogP contribution in [0.15, 0.2) is 18.2 Å². The average molecular weight is 363 g/mol. The fraction of sp³-hybridized carbons (Fsp3) is 0.500. The van der Waals surface area contributed by atoms with Crippen molar-refractivity contribution in [3.63, 3.8) is 0 Å². The standard InChI is InChI=1S/C20H27F2N3O/c1-12(2)11-25-15(5)17(14(4)24-25)7-9-20(26)23-13(3)16-6-8-18(21)19(22)10-16/h6,8,10,12-13H,7,9,11H2,1-5H3,(H,23,26). The molecular formula is C20H27F2N3O. The van der Waals surface area contributed by atoms with E-state index in [-0.39, 0.29) is 11.9 Å². The number of nitrogens with zero attached hydrogens (tertiary/aromatic N) is 2. The molecule has 2 aromatic rings. The Balaban J connectivity index is 1.96. The summed E-state index contributed by atoms with van der Waals surface area (Å²) in [4.78, 5) is 12.3. The minimum absolute atomic E-state index is 0.127. The third-order valence-electron chi connectivity index (χ3n) is 4.49. The molecular weight excluding hydrogens is 336 g/mol. The second kappa shape index (κ2) is 8.43. The maximum atomic E-state index is 13.3. The Hall–Kier alpha value is -2.24. The number of halogens is 2. The molecule has 0 spiro atoms. The van der Waals surface area contributed by atoms with Crippen LogP contribution in [0.1, 0.15) is 55.7 Å². The Morgan fingerprint density at radius 2 is 1.88 bits per heavy atom. The van der Waals surface area contributed by atoms with Gasteiger partial charge in [-0.25, -0.2) is 8.78 Å². The van der Waals surface area contributed by atoms with Crippen molar-refractivity contribution in [1.29, 1.82) is 0 Å². The number of nitrogens with one attached hydrogen (secondary N) is 1. The lowest BCUT2D eigenvalue weighted by Gasteiger charge is -2.15. The largest absolute Gasteiger partial charge is 0.350 e. The molecule has 1 aromatic heterocycles. The van der Waals surface area contributed by atoms with Crippen molar-refractivity contribution in [3.05, 3.63) is 52.3 Å². The molecule has 1 aromatic carbocycles. The van der Waals surface area contributed by atoms with E-state index < -0.39 is 11.6 Å². The number of hydrogen-bond acceptors (Lipinski definition) is 2. The van der Waals surface area contributed by atoms with Crippen molar-refractivity contribution in [2.75, 3.05) is 0 Å². The normalized spacial score (nSPS) is 12.5. The first-order valence-corrected chi connectivity index (χ1v) is 8.96. The Morgan fingerprint density at radius 1 is 1.19 bits per heavy atom.